The first-order valence-electron chi connectivity index (χ1n) is 6.01. The van der Waals surface area contributed by atoms with Crippen LogP contribution in [-0.4, -0.2) is 34.0 Å². The lowest BCUT2D eigenvalue weighted by Crippen LogP contribution is -2.32. The number of nitrogens with zero attached hydrogens (tertiary/aromatic N) is 3. The number of nitrogens with one attached hydrogen (secondary N) is 1. The quantitative estimate of drug-likeness (QED) is 0.787. The van der Waals surface area contributed by atoms with Gasteiger partial charge in [-0.15, -0.1) is 17.5 Å². The van der Waals surface area contributed by atoms with Crippen LogP contribution in [0.15, 0.2) is 29.1 Å². The van der Waals surface area contributed by atoms with Crippen LogP contribution < -0.4 is 16.6 Å². The standard InChI is InChI=1S/C12H15N5O2.ClH/c13-6-7-14-11(18)5-8-17-12(19)9-3-1-2-4-10(9)15-16-17;/h1-4H,5-8,13H2,(H,14,18);1H. The van der Waals surface area contributed by atoms with Crippen molar-refractivity contribution in [3.63, 3.8) is 0 Å². The highest BCUT2D eigenvalue weighted by atomic mass is 35.5. The second-order valence-electron chi connectivity index (χ2n) is 4.02. The van der Waals surface area contributed by atoms with Crippen LogP contribution in [0.25, 0.3) is 10.9 Å². The lowest BCUT2D eigenvalue weighted by molar-refractivity contribution is -0.121. The van der Waals surface area contributed by atoms with Crippen LogP contribution in [-0.2, 0) is 11.3 Å². The number of carbonyl (C=O) groups is 1. The molecule has 0 aliphatic carbocycles. The zero-order valence-electron chi connectivity index (χ0n) is 10.8. The first kappa shape index (κ1) is 16.1. The number of hydrogen-bond donors (Lipinski definition) is 2. The maximum atomic E-state index is 12.1. The summed E-state index contributed by atoms with van der Waals surface area (Å²) in [4.78, 5) is 23.5. The molecule has 0 spiro atoms. The van der Waals surface area contributed by atoms with E-state index in [1.54, 1.807) is 24.3 Å². The summed E-state index contributed by atoms with van der Waals surface area (Å²) in [7, 11) is 0. The molecule has 1 amide bonds. The second-order valence-corrected chi connectivity index (χ2v) is 4.02. The van der Waals surface area contributed by atoms with Crippen molar-refractivity contribution in [2.75, 3.05) is 13.1 Å². The van der Waals surface area contributed by atoms with Crippen molar-refractivity contribution in [2.45, 2.75) is 13.0 Å². The molecule has 20 heavy (non-hydrogen) atoms. The van der Waals surface area contributed by atoms with Gasteiger partial charge in [0.1, 0.15) is 5.52 Å². The molecule has 7 nitrogen and oxygen atoms in total. The molecule has 0 bridgehead atoms. The van der Waals surface area contributed by atoms with E-state index in [2.05, 4.69) is 15.6 Å². The molecule has 2 aromatic rings. The van der Waals surface area contributed by atoms with Gasteiger partial charge in [-0.25, -0.2) is 4.68 Å². The van der Waals surface area contributed by atoms with Gasteiger partial charge in [-0.2, -0.15) is 0 Å². The number of aromatic nitrogens is 3. The number of halogens is 1. The van der Waals surface area contributed by atoms with E-state index in [0.717, 1.165) is 0 Å². The topological polar surface area (TPSA) is 103 Å². The average Bonchev–Trinajstić information content (AvgIpc) is 2.44. The molecule has 0 fully saturated rings. The minimum absolute atomic E-state index is 0. The fourth-order valence-electron chi connectivity index (χ4n) is 1.68. The Bertz CT molecular complexity index is 643. The van der Waals surface area contributed by atoms with Gasteiger partial charge in [0.05, 0.1) is 11.9 Å². The van der Waals surface area contributed by atoms with Crippen LogP contribution in [0.4, 0.5) is 0 Å². The molecule has 0 aliphatic rings. The van der Waals surface area contributed by atoms with Crippen molar-refractivity contribution in [2.24, 2.45) is 5.73 Å². The summed E-state index contributed by atoms with van der Waals surface area (Å²) in [6, 6.07) is 6.98. The summed E-state index contributed by atoms with van der Waals surface area (Å²) in [5, 5.41) is 10.9. The van der Waals surface area contributed by atoms with E-state index in [1.807, 2.05) is 0 Å². The SMILES string of the molecule is Cl.NCCNC(=O)CCn1nnc2ccccc2c1=O. The molecule has 0 saturated carbocycles. The molecule has 0 radical (unpaired) electrons. The number of aryl methyl sites for hydroxylation is 1. The van der Waals surface area contributed by atoms with E-state index in [0.29, 0.717) is 24.0 Å². The first-order chi connectivity index (χ1) is 9.22. The van der Waals surface area contributed by atoms with E-state index in [-0.39, 0.29) is 36.8 Å². The Kier molecular flexibility index (Phi) is 6.08. The fourth-order valence-corrected chi connectivity index (χ4v) is 1.68. The number of fused-ring (bicyclic) bond motifs is 1. The van der Waals surface area contributed by atoms with E-state index in [4.69, 9.17) is 5.73 Å². The molecule has 0 atom stereocenters. The van der Waals surface area contributed by atoms with Gasteiger partial charge in [-0.3, -0.25) is 9.59 Å². The smallest absolute Gasteiger partial charge is 0.277 e. The maximum absolute atomic E-state index is 12.1. The van der Waals surface area contributed by atoms with Gasteiger partial charge in [-0.1, -0.05) is 17.3 Å². The minimum atomic E-state index is -0.239. The maximum Gasteiger partial charge on any atom is 0.277 e. The Balaban J connectivity index is 0.00000200. The Labute approximate surface area is 121 Å². The molecular formula is C12H16ClN5O2. The molecule has 0 unspecified atom stereocenters. The second kappa shape index (κ2) is 7.56. The summed E-state index contributed by atoms with van der Waals surface area (Å²) < 4.78 is 1.20. The van der Waals surface area contributed by atoms with Gasteiger partial charge in [0, 0.05) is 19.5 Å². The van der Waals surface area contributed by atoms with Gasteiger partial charge in [0.2, 0.25) is 5.91 Å². The van der Waals surface area contributed by atoms with E-state index < -0.39 is 0 Å². The van der Waals surface area contributed by atoms with E-state index >= 15 is 0 Å². The molecular weight excluding hydrogens is 282 g/mol. The van der Waals surface area contributed by atoms with E-state index in [9.17, 15) is 9.59 Å². The highest BCUT2D eigenvalue weighted by Crippen LogP contribution is 2.03. The monoisotopic (exact) mass is 297 g/mol. The van der Waals surface area contributed by atoms with Crippen LogP contribution in [0.1, 0.15) is 6.42 Å². The van der Waals surface area contributed by atoms with Gasteiger partial charge < -0.3 is 11.1 Å². The number of rotatable bonds is 5. The molecule has 8 heteroatoms. The number of carbonyl (C=O) groups excluding carboxylic acids is 1. The van der Waals surface area contributed by atoms with Crippen molar-refractivity contribution in [3.05, 3.63) is 34.6 Å². The highest BCUT2D eigenvalue weighted by Gasteiger charge is 2.06. The van der Waals surface area contributed by atoms with Gasteiger partial charge in [0.15, 0.2) is 0 Å². The summed E-state index contributed by atoms with van der Waals surface area (Å²) in [6.07, 6.45) is 0.174. The summed E-state index contributed by atoms with van der Waals surface area (Å²) >= 11 is 0. The number of nitrogens with two attached hydrogens (primary N) is 1. The summed E-state index contributed by atoms with van der Waals surface area (Å²) in [5.74, 6) is -0.160. The normalized spacial score (nSPS) is 10.1. The predicted molar refractivity (Wildman–Crippen MR) is 77.7 cm³/mol. The van der Waals surface area contributed by atoms with Gasteiger partial charge in [-0.05, 0) is 12.1 Å². The van der Waals surface area contributed by atoms with Crippen LogP contribution >= 0.6 is 12.4 Å². The molecule has 108 valence electrons. The van der Waals surface area contributed by atoms with Crippen molar-refractivity contribution in [1.82, 2.24) is 20.3 Å². The Morgan fingerprint density at radius 3 is 2.85 bits per heavy atom. The minimum Gasteiger partial charge on any atom is -0.355 e. The predicted octanol–water partition coefficient (Wildman–Crippen LogP) is -0.322. The van der Waals surface area contributed by atoms with Crippen LogP contribution in [0, 0.1) is 0 Å². The van der Waals surface area contributed by atoms with Gasteiger partial charge in [0.25, 0.3) is 5.56 Å². The van der Waals surface area contributed by atoms with Crippen LogP contribution in [0.5, 0.6) is 0 Å². The lowest BCUT2D eigenvalue weighted by Gasteiger charge is -2.05. The summed E-state index contributed by atoms with van der Waals surface area (Å²) in [5.41, 5.74) is 5.59. The lowest BCUT2D eigenvalue weighted by atomic mass is 10.2. The Morgan fingerprint density at radius 2 is 2.10 bits per heavy atom. The van der Waals surface area contributed by atoms with E-state index in [1.165, 1.54) is 4.68 Å². The largest absolute Gasteiger partial charge is 0.355 e. The van der Waals surface area contributed by atoms with Crippen molar-refractivity contribution in [3.8, 4) is 0 Å². The molecule has 2 rings (SSSR count). The molecule has 1 aromatic carbocycles. The van der Waals surface area contributed by atoms with Crippen molar-refractivity contribution >= 4 is 29.2 Å². The number of amides is 1. The zero-order chi connectivity index (χ0) is 13.7. The van der Waals surface area contributed by atoms with Crippen molar-refractivity contribution in [1.29, 1.82) is 0 Å². The fraction of sp³-hybridized carbons (Fsp3) is 0.333. The van der Waals surface area contributed by atoms with Crippen LogP contribution in [0.2, 0.25) is 0 Å². The Hall–Kier alpha value is -1.99. The Morgan fingerprint density at radius 1 is 1.35 bits per heavy atom. The summed E-state index contributed by atoms with van der Waals surface area (Å²) in [6.45, 7) is 1.02. The zero-order valence-corrected chi connectivity index (χ0v) is 11.6. The third kappa shape index (κ3) is 3.75. The highest BCUT2D eigenvalue weighted by molar-refractivity contribution is 5.85. The molecule has 3 N–H and O–H groups in total. The molecule has 1 heterocycles. The average molecular weight is 298 g/mol. The molecule has 1 aromatic heterocycles. The molecule has 0 aliphatic heterocycles. The first-order valence-corrected chi connectivity index (χ1v) is 6.01. The van der Waals surface area contributed by atoms with Crippen molar-refractivity contribution < 1.29 is 4.79 Å². The van der Waals surface area contributed by atoms with Gasteiger partial charge >= 0.3 is 0 Å². The third-order valence-corrected chi connectivity index (χ3v) is 2.65. The number of hydrogen-bond acceptors (Lipinski definition) is 5. The molecule has 0 saturated heterocycles. The third-order valence-electron chi connectivity index (χ3n) is 2.65. The number of benzene rings is 1. The van der Waals surface area contributed by atoms with Crippen LogP contribution in [0.3, 0.4) is 0 Å².